The maximum absolute atomic E-state index is 13.0. The second kappa shape index (κ2) is 6.22. The van der Waals surface area contributed by atoms with Crippen molar-refractivity contribution >= 4 is 5.91 Å². The molecule has 3 unspecified atom stereocenters. The van der Waals surface area contributed by atoms with Crippen LogP contribution >= 0.6 is 0 Å². The van der Waals surface area contributed by atoms with Gasteiger partial charge in [0.15, 0.2) is 0 Å². The molecule has 0 aromatic carbocycles. The first kappa shape index (κ1) is 16.1. The lowest BCUT2D eigenvalue weighted by Gasteiger charge is -2.47. The number of amides is 1. The first-order chi connectivity index (χ1) is 9.87. The number of furan rings is 1. The normalized spacial score (nSPS) is 28.3. The molecule has 2 N–H and O–H groups in total. The molecule has 0 saturated heterocycles. The van der Waals surface area contributed by atoms with Crippen LogP contribution < -0.4 is 5.73 Å². The fourth-order valence-corrected chi connectivity index (χ4v) is 3.45. The molecule has 118 valence electrons. The van der Waals surface area contributed by atoms with Crippen molar-refractivity contribution in [3.63, 3.8) is 0 Å². The predicted molar refractivity (Wildman–Crippen MR) is 83.4 cm³/mol. The number of hydrogen-bond donors (Lipinski definition) is 1. The molecule has 4 nitrogen and oxygen atoms in total. The molecule has 1 aromatic heterocycles. The third kappa shape index (κ3) is 3.15. The summed E-state index contributed by atoms with van der Waals surface area (Å²) in [6.45, 7) is 9.81. The molecule has 1 fully saturated rings. The molecule has 2 rings (SSSR count). The molecular formula is C17H28N2O2. The van der Waals surface area contributed by atoms with E-state index in [1.165, 1.54) is 0 Å². The van der Waals surface area contributed by atoms with Gasteiger partial charge in [-0.05, 0) is 43.2 Å². The molecule has 3 atom stereocenters. The summed E-state index contributed by atoms with van der Waals surface area (Å²) < 4.78 is 5.38. The lowest BCUT2D eigenvalue weighted by Crippen LogP contribution is -2.52. The summed E-state index contributed by atoms with van der Waals surface area (Å²) >= 11 is 0. The first-order valence-electron chi connectivity index (χ1n) is 7.94. The minimum atomic E-state index is -0.0642. The molecule has 4 heteroatoms. The lowest BCUT2D eigenvalue weighted by atomic mass is 9.60. The van der Waals surface area contributed by atoms with E-state index in [-0.39, 0.29) is 23.3 Å². The van der Waals surface area contributed by atoms with Crippen LogP contribution in [0, 0.1) is 17.3 Å². The van der Waals surface area contributed by atoms with Crippen molar-refractivity contribution < 1.29 is 9.21 Å². The summed E-state index contributed by atoms with van der Waals surface area (Å²) in [7, 11) is 0. The molecule has 21 heavy (non-hydrogen) atoms. The third-order valence-corrected chi connectivity index (χ3v) is 5.42. The van der Waals surface area contributed by atoms with Crippen molar-refractivity contribution in [2.45, 2.75) is 53.1 Å². The molecule has 0 bridgehead atoms. The van der Waals surface area contributed by atoms with Gasteiger partial charge in [-0.1, -0.05) is 20.8 Å². The van der Waals surface area contributed by atoms with Crippen LogP contribution in [0.2, 0.25) is 0 Å². The zero-order chi connectivity index (χ0) is 15.6. The van der Waals surface area contributed by atoms with Gasteiger partial charge in [0.2, 0.25) is 5.91 Å². The molecular weight excluding hydrogens is 264 g/mol. The molecule has 1 saturated carbocycles. The van der Waals surface area contributed by atoms with E-state index in [0.717, 1.165) is 18.6 Å². The van der Waals surface area contributed by atoms with Gasteiger partial charge >= 0.3 is 0 Å². The molecule has 0 radical (unpaired) electrons. The Morgan fingerprint density at radius 3 is 2.76 bits per heavy atom. The van der Waals surface area contributed by atoms with Crippen LogP contribution in [0.25, 0.3) is 0 Å². The van der Waals surface area contributed by atoms with Gasteiger partial charge in [-0.2, -0.15) is 0 Å². The van der Waals surface area contributed by atoms with E-state index in [4.69, 9.17) is 10.2 Å². The number of nitrogens with zero attached hydrogens (tertiary/aromatic N) is 1. The van der Waals surface area contributed by atoms with E-state index in [2.05, 4.69) is 20.8 Å². The second-order valence-corrected chi connectivity index (χ2v) is 6.84. The zero-order valence-corrected chi connectivity index (χ0v) is 13.6. The number of carbonyl (C=O) groups excluding carboxylic acids is 1. The van der Waals surface area contributed by atoms with E-state index in [1.807, 2.05) is 24.0 Å². The highest BCUT2D eigenvalue weighted by Crippen LogP contribution is 2.45. The zero-order valence-electron chi connectivity index (χ0n) is 13.6. The minimum absolute atomic E-state index is 0.0437. The molecule has 1 heterocycles. The van der Waals surface area contributed by atoms with Gasteiger partial charge in [-0.3, -0.25) is 4.79 Å². The summed E-state index contributed by atoms with van der Waals surface area (Å²) in [5.74, 6) is 1.46. The molecule has 0 spiro atoms. The average molecular weight is 292 g/mol. The SMILES string of the molecule is CCN(Cc1ccco1)C(=O)C1CCC(N)C(C)C1(C)C. The van der Waals surface area contributed by atoms with Gasteiger partial charge < -0.3 is 15.1 Å². The van der Waals surface area contributed by atoms with Gasteiger partial charge in [0.25, 0.3) is 0 Å². The Balaban J connectivity index is 2.13. The minimum Gasteiger partial charge on any atom is -0.467 e. The van der Waals surface area contributed by atoms with Crippen molar-refractivity contribution in [2.75, 3.05) is 6.54 Å². The number of rotatable bonds is 4. The first-order valence-corrected chi connectivity index (χ1v) is 7.94. The van der Waals surface area contributed by atoms with Crippen LogP contribution in [0.15, 0.2) is 22.8 Å². The Morgan fingerprint density at radius 1 is 1.48 bits per heavy atom. The molecule has 1 aliphatic carbocycles. The quantitative estimate of drug-likeness (QED) is 0.928. The smallest absolute Gasteiger partial charge is 0.226 e. The highest BCUT2D eigenvalue weighted by Gasteiger charge is 2.46. The molecule has 0 aliphatic heterocycles. The molecule has 1 amide bonds. The average Bonchev–Trinajstić information content (AvgIpc) is 2.94. The highest BCUT2D eigenvalue weighted by atomic mass is 16.3. The van der Waals surface area contributed by atoms with E-state index < -0.39 is 0 Å². The predicted octanol–water partition coefficient (Wildman–Crippen LogP) is 3.03. The Labute approximate surface area is 127 Å². The monoisotopic (exact) mass is 292 g/mol. The fourth-order valence-electron chi connectivity index (χ4n) is 3.45. The summed E-state index contributed by atoms with van der Waals surface area (Å²) in [5.41, 5.74) is 6.13. The Kier molecular flexibility index (Phi) is 4.77. The number of hydrogen-bond acceptors (Lipinski definition) is 3. The van der Waals surface area contributed by atoms with Crippen molar-refractivity contribution in [3.8, 4) is 0 Å². The fraction of sp³-hybridized carbons (Fsp3) is 0.706. The Bertz CT molecular complexity index is 467. The summed E-state index contributed by atoms with van der Waals surface area (Å²) in [5, 5.41) is 0. The van der Waals surface area contributed by atoms with Crippen LogP contribution in [-0.4, -0.2) is 23.4 Å². The maximum Gasteiger partial charge on any atom is 0.226 e. The number of carbonyl (C=O) groups is 1. The van der Waals surface area contributed by atoms with Gasteiger partial charge in [0, 0.05) is 18.5 Å². The second-order valence-electron chi connectivity index (χ2n) is 6.84. The third-order valence-electron chi connectivity index (χ3n) is 5.42. The van der Waals surface area contributed by atoms with Crippen molar-refractivity contribution in [2.24, 2.45) is 23.0 Å². The van der Waals surface area contributed by atoms with Crippen LogP contribution in [0.4, 0.5) is 0 Å². The Hall–Kier alpha value is -1.29. The van der Waals surface area contributed by atoms with E-state index >= 15 is 0 Å². The molecule has 1 aliphatic rings. The standard InChI is InChI=1S/C17H28N2O2/c1-5-19(11-13-7-6-10-21-13)16(20)14-8-9-15(18)12(2)17(14,3)4/h6-7,10,12,14-15H,5,8-9,11,18H2,1-4H3. The topological polar surface area (TPSA) is 59.5 Å². The largest absolute Gasteiger partial charge is 0.467 e. The highest BCUT2D eigenvalue weighted by molar-refractivity contribution is 5.79. The number of nitrogens with two attached hydrogens (primary N) is 1. The summed E-state index contributed by atoms with van der Waals surface area (Å²) in [6, 6.07) is 3.98. The van der Waals surface area contributed by atoms with E-state index in [1.54, 1.807) is 6.26 Å². The van der Waals surface area contributed by atoms with Crippen molar-refractivity contribution in [3.05, 3.63) is 24.2 Å². The Morgan fingerprint density at radius 2 is 2.19 bits per heavy atom. The van der Waals surface area contributed by atoms with Crippen LogP contribution in [-0.2, 0) is 11.3 Å². The van der Waals surface area contributed by atoms with Crippen molar-refractivity contribution in [1.29, 1.82) is 0 Å². The van der Waals surface area contributed by atoms with Crippen LogP contribution in [0.3, 0.4) is 0 Å². The van der Waals surface area contributed by atoms with Gasteiger partial charge in [-0.15, -0.1) is 0 Å². The molecule has 1 aromatic rings. The van der Waals surface area contributed by atoms with Gasteiger partial charge in [0.1, 0.15) is 5.76 Å². The van der Waals surface area contributed by atoms with Crippen LogP contribution in [0.5, 0.6) is 0 Å². The van der Waals surface area contributed by atoms with Gasteiger partial charge in [0.05, 0.1) is 12.8 Å². The van der Waals surface area contributed by atoms with Crippen LogP contribution in [0.1, 0.15) is 46.3 Å². The van der Waals surface area contributed by atoms with E-state index in [9.17, 15) is 4.79 Å². The lowest BCUT2D eigenvalue weighted by molar-refractivity contribution is -0.144. The summed E-state index contributed by atoms with van der Waals surface area (Å²) in [6.07, 6.45) is 3.46. The van der Waals surface area contributed by atoms with E-state index in [0.29, 0.717) is 19.0 Å². The maximum atomic E-state index is 13.0. The van der Waals surface area contributed by atoms with Crippen molar-refractivity contribution in [1.82, 2.24) is 4.90 Å². The van der Waals surface area contributed by atoms with Gasteiger partial charge in [-0.25, -0.2) is 0 Å². The summed E-state index contributed by atoms with van der Waals surface area (Å²) in [4.78, 5) is 14.9.